The molecule has 0 saturated carbocycles. The molecule has 19 heavy (non-hydrogen) atoms. The third-order valence-electron chi connectivity index (χ3n) is 1.78. The molecule has 0 rings (SSSR count). The van der Waals surface area contributed by atoms with Gasteiger partial charge in [-0.05, 0) is 27.7 Å². The minimum Gasteiger partial charge on any atom is -0.360 e. The molecule has 0 radical (unpaired) electrons. The van der Waals surface area contributed by atoms with E-state index in [1.54, 1.807) is 27.7 Å². The molecular weight excluding hydrogens is 294 g/mol. The van der Waals surface area contributed by atoms with Gasteiger partial charge in [-0.2, -0.15) is 0 Å². The highest BCUT2D eigenvalue weighted by molar-refractivity contribution is 7.98. The summed E-state index contributed by atoms with van der Waals surface area (Å²) >= 11 is 0. The Kier molecular flexibility index (Phi) is 8.62. The summed E-state index contributed by atoms with van der Waals surface area (Å²) < 4.78 is 44.8. The Morgan fingerprint density at radius 1 is 0.842 bits per heavy atom. The first-order chi connectivity index (χ1) is 8.94. The molecule has 0 bridgehead atoms. The molecular formula is C9H20N2O6P2. The van der Waals surface area contributed by atoms with Gasteiger partial charge < -0.3 is 23.6 Å². The monoisotopic (exact) mass is 314 g/mol. The van der Waals surface area contributed by atoms with E-state index in [9.17, 15) is 9.13 Å². The van der Waals surface area contributed by atoms with Crippen LogP contribution in [0, 0.1) is 0 Å². The first kappa shape index (κ1) is 18.7. The van der Waals surface area contributed by atoms with Crippen molar-refractivity contribution in [3.8, 4) is 0 Å². The van der Waals surface area contributed by atoms with Crippen LogP contribution in [0.3, 0.4) is 0 Å². The predicted octanol–water partition coefficient (Wildman–Crippen LogP) is 3.10. The summed E-state index contributed by atoms with van der Waals surface area (Å²) in [7, 11) is -8.05. The topological polar surface area (TPSA) is 107 Å². The summed E-state index contributed by atoms with van der Waals surface area (Å²) in [6.45, 7) is 6.39. The molecule has 0 unspecified atom stereocenters. The van der Waals surface area contributed by atoms with E-state index in [4.69, 9.17) is 23.6 Å². The van der Waals surface area contributed by atoms with Gasteiger partial charge in [0, 0.05) is 0 Å². The summed E-state index contributed by atoms with van der Waals surface area (Å²) in [4.78, 5) is 2.80. The van der Waals surface area contributed by atoms with Crippen LogP contribution >= 0.6 is 15.2 Å². The fraction of sp³-hybridized carbons (Fsp3) is 0.889. The van der Waals surface area contributed by atoms with Crippen LogP contribution in [0.4, 0.5) is 0 Å². The SMILES string of the molecule is CCOP(=O)(OCC)C(=[N+]=[N-])P(=O)(OCC)OCC. The van der Waals surface area contributed by atoms with Crippen molar-refractivity contribution in [2.45, 2.75) is 27.7 Å². The van der Waals surface area contributed by atoms with Crippen molar-refractivity contribution in [3.05, 3.63) is 5.53 Å². The zero-order chi connectivity index (χ0) is 14.9. The summed E-state index contributed by atoms with van der Waals surface area (Å²) in [5.41, 5.74) is 9.03. The summed E-state index contributed by atoms with van der Waals surface area (Å²) in [5, 5.41) is -0.729. The first-order valence-electron chi connectivity index (χ1n) is 5.95. The highest BCUT2D eigenvalue weighted by Gasteiger charge is 2.55. The first-order valence-corrected chi connectivity index (χ1v) is 9.03. The van der Waals surface area contributed by atoms with Gasteiger partial charge in [0.1, 0.15) is 0 Å². The molecule has 0 heterocycles. The van der Waals surface area contributed by atoms with E-state index in [1.807, 2.05) is 0 Å². The molecule has 0 fully saturated rings. The lowest BCUT2D eigenvalue weighted by molar-refractivity contribution is -0.00258. The quantitative estimate of drug-likeness (QED) is 0.265. The van der Waals surface area contributed by atoms with E-state index < -0.39 is 20.4 Å². The lowest BCUT2D eigenvalue weighted by Crippen LogP contribution is -2.13. The zero-order valence-electron chi connectivity index (χ0n) is 11.6. The van der Waals surface area contributed by atoms with Crippen LogP contribution in [-0.2, 0) is 27.2 Å². The van der Waals surface area contributed by atoms with Gasteiger partial charge in [0.05, 0.1) is 26.4 Å². The van der Waals surface area contributed by atoms with Crippen molar-refractivity contribution >= 4 is 20.4 Å². The minimum absolute atomic E-state index is 0.0224. The molecule has 0 aliphatic rings. The van der Waals surface area contributed by atoms with Crippen LogP contribution in [0.2, 0.25) is 0 Å². The molecule has 8 nitrogen and oxygen atoms in total. The van der Waals surface area contributed by atoms with Crippen LogP contribution in [0.15, 0.2) is 0 Å². The van der Waals surface area contributed by atoms with Gasteiger partial charge in [0.2, 0.25) is 0 Å². The van der Waals surface area contributed by atoms with Gasteiger partial charge in [-0.15, -0.1) is 4.79 Å². The summed E-state index contributed by atoms with van der Waals surface area (Å²) in [6.07, 6.45) is 0. The lowest BCUT2D eigenvalue weighted by Gasteiger charge is -2.17. The fourth-order valence-corrected chi connectivity index (χ4v) is 5.33. The van der Waals surface area contributed by atoms with Gasteiger partial charge in [-0.1, -0.05) is 0 Å². The number of hydrogen-bond donors (Lipinski definition) is 0. The Balaban J connectivity index is 5.64. The standard InChI is InChI=1S/C9H20N2O6P2/c1-5-14-18(12,15-6-2)9(11-10)19(13,16-7-3)17-8-4/h5-8H2,1-4H3. The summed E-state index contributed by atoms with van der Waals surface area (Å²) in [6, 6.07) is 0. The number of nitrogens with zero attached hydrogens (tertiary/aromatic N) is 2. The van der Waals surface area contributed by atoms with Gasteiger partial charge in [-0.3, -0.25) is 0 Å². The largest absolute Gasteiger partial charge is 0.486 e. The maximum atomic E-state index is 12.5. The lowest BCUT2D eigenvalue weighted by atomic mass is 10.9. The highest BCUT2D eigenvalue weighted by Crippen LogP contribution is 2.65. The van der Waals surface area contributed by atoms with Gasteiger partial charge in [0.15, 0.2) is 0 Å². The molecule has 0 aliphatic carbocycles. The smallest absolute Gasteiger partial charge is 0.360 e. The number of hydrogen-bond acceptors (Lipinski definition) is 6. The minimum atomic E-state index is -4.02. The molecule has 10 heteroatoms. The van der Waals surface area contributed by atoms with E-state index >= 15 is 0 Å². The van der Waals surface area contributed by atoms with Crippen molar-refractivity contribution < 1.29 is 32.0 Å². The Labute approximate surface area is 113 Å². The zero-order valence-corrected chi connectivity index (χ0v) is 13.4. The van der Waals surface area contributed by atoms with Crippen LogP contribution in [0.1, 0.15) is 27.7 Å². The Hall–Kier alpha value is -0.320. The second-order valence-corrected chi connectivity index (χ2v) is 7.29. The second kappa shape index (κ2) is 8.77. The molecule has 0 amide bonds. The van der Waals surface area contributed by atoms with Gasteiger partial charge >= 0.3 is 20.4 Å². The number of rotatable bonds is 10. The molecule has 0 atom stereocenters. The van der Waals surface area contributed by atoms with Crippen molar-refractivity contribution in [1.29, 1.82) is 0 Å². The van der Waals surface area contributed by atoms with E-state index in [-0.39, 0.29) is 26.4 Å². The molecule has 0 aliphatic heterocycles. The average Bonchev–Trinajstić information content (AvgIpc) is 2.30. The van der Waals surface area contributed by atoms with Crippen molar-refractivity contribution in [2.24, 2.45) is 0 Å². The Bertz CT molecular complexity index is 369. The molecule has 0 N–H and O–H groups in total. The van der Waals surface area contributed by atoms with Crippen LogP contribution < -0.4 is 0 Å². The maximum absolute atomic E-state index is 12.5. The molecule has 112 valence electrons. The third-order valence-corrected chi connectivity index (χ3v) is 6.80. The highest BCUT2D eigenvalue weighted by atomic mass is 31.2. The van der Waals surface area contributed by atoms with E-state index in [2.05, 4.69) is 4.79 Å². The predicted molar refractivity (Wildman–Crippen MR) is 70.3 cm³/mol. The van der Waals surface area contributed by atoms with E-state index in [0.717, 1.165) is 0 Å². The van der Waals surface area contributed by atoms with Crippen molar-refractivity contribution in [1.82, 2.24) is 0 Å². The average molecular weight is 314 g/mol. The normalized spacial score (nSPS) is 12.2. The van der Waals surface area contributed by atoms with Crippen LogP contribution in [-0.4, -0.2) is 36.4 Å². The molecule has 0 saturated heterocycles. The molecule has 0 spiro atoms. The van der Waals surface area contributed by atoms with Crippen molar-refractivity contribution in [2.75, 3.05) is 26.4 Å². The Morgan fingerprint density at radius 2 is 1.11 bits per heavy atom. The van der Waals surface area contributed by atoms with E-state index in [0.29, 0.717) is 0 Å². The van der Waals surface area contributed by atoms with Crippen molar-refractivity contribution in [3.63, 3.8) is 0 Å². The summed E-state index contributed by atoms with van der Waals surface area (Å²) in [5.74, 6) is 0. The Morgan fingerprint density at radius 3 is 1.26 bits per heavy atom. The fourth-order valence-electron chi connectivity index (χ4n) is 1.24. The molecule has 0 aromatic heterocycles. The van der Waals surface area contributed by atoms with Crippen LogP contribution in [0.5, 0.6) is 0 Å². The van der Waals surface area contributed by atoms with Crippen LogP contribution in [0.25, 0.3) is 5.53 Å². The van der Waals surface area contributed by atoms with E-state index in [1.165, 1.54) is 0 Å². The van der Waals surface area contributed by atoms with Gasteiger partial charge in [-0.25, -0.2) is 9.13 Å². The maximum Gasteiger partial charge on any atom is 0.486 e. The molecule has 0 aromatic rings. The molecule has 0 aromatic carbocycles. The second-order valence-electron chi connectivity index (χ2n) is 3.07. The third kappa shape index (κ3) is 4.93. The van der Waals surface area contributed by atoms with Gasteiger partial charge in [0.25, 0.3) is 0 Å².